The number of hydrogen-bond donors (Lipinski definition) is 1. The molecule has 1 atom stereocenters. The van der Waals surface area contributed by atoms with Crippen LogP contribution in [0.5, 0.6) is 5.75 Å². The van der Waals surface area contributed by atoms with Gasteiger partial charge >= 0.3 is 0 Å². The van der Waals surface area contributed by atoms with Gasteiger partial charge in [0.25, 0.3) is 0 Å². The molecular weight excluding hydrogens is 258 g/mol. The first-order valence-corrected chi connectivity index (χ1v) is 7.38. The van der Waals surface area contributed by atoms with Crippen molar-refractivity contribution >= 4 is 11.6 Å². The van der Waals surface area contributed by atoms with Crippen molar-refractivity contribution in [1.82, 2.24) is 5.32 Å². The molecule has 0 radical (unpaired) electrons. The summed E-state index contributed by atoms with van der Waals surface area (Å²) in [6, 6.07) is 6.46. The van der Waals surface area contributed by atoms with Crippen LogP contribution in [-0.2, 0) is 6.42 Å². The van der Waals surface area contributed by atoms with E-state index in [9.17, 15) is 0 Å². The van der Waals surface area contributed by atoms with Crippen LogP contribution in [0.25, 0.3) is 0 Å². The fourth-order valence-electron chi connectivity index (χ4n) is 3.36. The molecule has 1 aliphatic carbocycles. The van der Waals surface area contributed by atoms with E-state index in [4.69, 9.17) is 16.3 Å². The second-order valence-corrected chi connectivity index (χ2v) is 7.42. The van der Waals surface area contributed by atoms with Gasteiger partial charge in [-0.1, -0.05) is 39.3 Å². The van der Waals surface area contributed by atoms with Gasteiger partial charge in [0, 0.05) is 24.0 Å². The molecular formula is C16H22ClNO. The monoisotopic (exact) mass is 279 g/mol. The molecule has 0 amide bonds. The van der Waals surface area contributed by atoms with Crippen LogP contribution in [0, 0.1) is 10.8 Å². The fourth-order valence-corrected chi connectivity index (χ4v) is 3.55. The van der Waals surface area contributed by atoms with Gasteiger partial charge in [0.2, 0.25) is 0 Å². The van der Waals surface area contributed by atoms with Crippen LogP contribution in [-0.4, -0.2) is 18.7 Å². The molecule has 0 spiro atoms. The van der Waals surface area contributed by atoms with Crippen LogP contribution in [0.2, 0.25) is 5.02 Å². The Morgan fingerprint density at radius 1 is 1.26 bits per heavy atom. The van der Waals surface area contributed by atoms with Crippen LogP contribution in [0.15, 0.2) is 18.2 Å². The molecule has 0 saturated heterocycles. The van der Waals surface area contributed by atoms with E-state index in [0.717, 1.165) is 23.7 Å². The maximum Gasteiger partial charge on any atom is 0.123 e. The van der Waals surface area contributed by atoms with Crippen molar-refractivity contribution < 1.29 is 4.74 Å². The van der Waals surface area contributed by atoms with Crippen molar-refractivity contribution in [1.29, 1.82) is 0 Å². The molecule has 1 aromatic carbocycles. The minimum absolute atomic E-state index is 0.237. The van der Waals surface area contributed by atoms with Crippen LogP contribution in [0.3, 0.4) is 0 Å². The number of benzene rings is 1. The highest BCUT2D eigenvalue weighted by Crippen LogP contribution is 2.62. The molecule has 19 heavy (non-hydrogen) atoms. The highest BCUT2D eigenvalue weighted by Gasteiger charge is 2.64. The summed E-state index contributed by atoms with van der Waals surface area (Å²) in [5.74, 6) is 0.991. The number of nitrogens with one attached hydrogen (secondary N) is 1. The number of hydrogen-bond acceptors (Lipinski definition) is 2. The molecule has 1 aliphatic heterocycles. The quantitative estimate of drug-likeness (QED) is 0.912. The maximum absolute atomic E-state index is 6.01. The van der Waals surface area contributed by atoms with Gasteiger partial charge in [-0.05, 0) is 34.6 Å². The molecule has 0 bridgehead atoms. The zero-order chi connectivity index (χ0) is 13.8. The molecule has 2 aliphatic rings. The summed E-state index contributed by atoms with van der Waals surface area (Å²) in [7, 11) is 0. The van der Waals surface area contributed by atoms with E-state index in [2.05, 4.69) is 33.0 Å². The van der Waals surface area contributed by atoms with E-state index in [0.29, 0.717) is 16.9 Å². The van der Waals surface area contributed by atoms with Crippen molar-refractivity contribution in [2.45, 2.75) is 46.3 Å². The molecule has 1 N–H and O–H groups in total. The van der Waals surface area contributed by atoms with Gasteiger partial charge in [0.1, 0.15) is 11.9 Å². The third kappa shape index (κ3) is 2.05. The van der Waals surface area contributed by atoms with Crippen molar-refractivity contribution in [3.63, 3.8) is 0 Å². The first-order valence-electron chi connectivity index (χ1n) is 7.01. The molecule has 104 valence electrons. The first kappa shape index (κ1) is 13.3. The van der Waals surface area contributed by atoms with Gasteiger partial charge in [0.15, 0.2) is 0 Å². The topological polar surface area (TPSA) is 21.3 Å². The molecule has 1 unspecified atom stereocenters. The van der Waals surface area contributed by atoms with Crippen LogP contribution < -0.4 is 10.1 Å². The van der Waals surface area contributed by atoms with Gasteiger partial charge in [-0.2, -0.15) is 0 Å². The summed E-state index contributed by atoms with van der Waals surface area (Å²) in [6.07, 6.45) is 1.19. The van der Waals surface area contributed by atoms with E-state index >= 15 is 0 Å². The Labute approximate surface area is 120 Å². The second-order valence-electron chi connectivity index (χ2n) is 6.98. The zero-order valence-electron chi connectivity index (χ0n) is 12.1. The Morgan fingerprint density at radius 3 is 2.58 bits per heavy atom. The zero-order valence-corrected chi connectivity index (χ0v) is 12.8. The average molecular weight is 280 g/mol. The third-order valence-electron chi connectivity index (χ3n) is 5.33. The van der Waals surface area contributed by atoms with E-state index in [1.807, 2.05) is 18.2 Å². The van der Waals surface area contributed by atoms with E-state index in [1.54, 1.807) is 0 Å². The van der Waals surface area contributed by atoms with Crippen LogP contribution in [0.1, 0.15) is 33.3 Å². The van der Waals surface area contributed by atoms with Crippen LogP contribution >= 0.6 is 11.6 Å². The molecule has 1 saturated carbocycles. The molecule has 0 aromatic heterocycles. The molecule has 3 heteroatoms. The van der Waals surface area contributed by atoms with E-state index in [1.165, 1.54) is 5.56 Å². The fraction of sp³-hybridized carbons (Fsp3) is 0.625. The molecule has 1 fully saturated rings. The van der Waals surface area contributed by atoms with Gasteiger partial charge in [-0.15, -0.1) is 0 Å². The van der Waals surface area contributed by atoms with Gasteiger partial charge in [-0.3, -0.25) is 0 Å². The van der Waals surface area contributed by atoms with Crippen molar-refractivity contribution in [3.8, 4) is 5.75 Å². The van der Waals surface area contributed by atoms with Crippen LogP contribution in [0.4, 0.5) is 0 Å². The van der Waals surface area contributed by atoms with Crippen molar-refractivity contribution in [3.05, 3.63) is 28.8 Å². The number of fused-ring (bicyclic) bond motifs is 1. The Morgan fingerprint density at radius 2 is 1.95 bits per heavy atom. The highest BCUT2D eigenvalue weighted by atomic mass is 35.5. The molecule has 3 rings (SSSR count). The summed E-state index contributed by atoms with van der Waals surface area (Å²) in [5.41, 5.74) is 1.98. The Kier molecular flexibility index (Phi) is 2.88. The lowest BCUT2D eigenvalue weighted by atomic mass is 10.0. The molecule has 1 aromatic rings. The van der Waals surface area contributed by atoms with E-state index < -0.39 is 0 Å². The number of halogens is 1. The minimum atomic E-state index is 0.237. The second kappa shape index (κ2) is 4.13. The summed E-state index contributed by atoms with van der Waals surface area (Å²) in [6.45, 7) is 10.2. The van der Waals surface area contributed by atoms with Gasteiger partial charge in [-0.25, -0.2) is 0 Å². The summed E-state index contributed by atoms with van der Waals surface area (Å²) in [4.78, 5) is 0. The standard InChI is InChI=1S/C16H22ClNO/c1-15(2)14(16(15,3)4)18-9-12-8-10-7-11(17)5-6-13(10)19-12/h5-7,12,14,18H,8-9H2,1-4H3. The van der Waals surface area contributed by atoms with Gasteiger partial charge in [0.05, 0.1) is 0 Å². The Hall–Kier alpha value is -0.730. The lowest BCUT2D eigenvalue weighted by molar-refractivity contribution is 0.224. The lowest BCUT2D eigenvalue weighted by Gasteiger charge is -2.13. The highest BCUT2D eigenvalue weighted by molar-refractivity contribution is 6.30. The van der Waals surface area contributed by atoms with Crippen molar-refractivity contribution in [2.24, 2.45) is 10.8 Å². The van der Waals surface area contributed by atoms with Gasteiger partial charge < -0.3 is 10.1 Å². The predicted molar refractivity (Wildman–Crippen MR) is 78.9 cm³/mol. The smallest absolute Gasteiger partial charge is 0.123 e. The molecule has 1 heterocycles. The summed E-state index contributed by atoms with van der Waals surface area (Å²) >= 11 is 6.01. The Balaban J connectivity index is 1.58. The average Bonchev–Trinajstić information content (AvgIpc) is 2.63. The summed E-state index contributed by atoms with van der Waals surface area (Å²) < 4.78 is 5.96. The number of rotatable bonds is 3. The lowest BCUT2D eigenvalue weighted by Crippen LogP contribution is -2.34. The largest absolute Gasteiger partial charge is 0.488 e. The Bertz CT molecular complexity index is 495. The number of ether oxygens (including phenoxy) is 1. The molecule has 2 nitrogen and oxygen atoms in total. The predicted octanol–water partition coefficient (Wildman–Crippen LogP) is 3.67. The van der Waals surface area contributed by atoms with E-state index in [-0.39, 0.29) is 6.10 Å². The normalized spacial score (nSPS) is 26.9. The maximum atomic E-state index is 6.01. The first-order chi connectivity index (χ1) is 8.82. The third-order valence-corrected chi connectivity index (χ3v) is 5.57. The van der Waals surface area contributed by atoms with Crippen molar-refractivity contribution in [2.75, 3.05) is 6.54 Å². The SMILES string of the molecule is CC1(C)C(NCC2Cc3cc(Cl)ccc3O2)C1(C)C. The summed E-state index contributed by atoms with van der Waals surface area (Å²) in [5, 5.41) is 4.46. The minimum Gasteiger partial charge on any atom is -0.488 e.